The molecule has 2 rings (SSSR count). The zero-order valence-corrected chi connectivity index (χ0v) is 12.1. The van der Waals surface area contributed by atoms with Gasteiger partial charge >= 0.3 is 0 Å². The highest BCUT2D eigenvalue weighted by molar-refractivity contribution is 9.10. The molecule has 5 heteroatoms. The molecule has 18 heavy (non-hydrogen) atoms. The standard InChI is InChI=1S/C13H18BrN3O/c1-3-6-17-13(18)12(14)11(8-15-17)16-9(2)7-10-4-5-10/h3,8-10,16H,1,4-7H2,2H3. The summed E-state index contributed by atoms with van der Waals surface area (Å²) in [6.07, 6.45) is 7.18. The molecule has 0 radical (unpaired) electrons. The topological polar surface area (TPSA) is 46.9 Å². The van der Waals surface area contributed by atoms with Gasteiger partial charge in [-0.05, 0) is 35.2 Å². The Hall–Kier alpha value is -1.10. The molecule has 1 unspecified atom stereocenters. The second-order valence-electron chi connectivity index (χ2n) is 4.87. The molecule has 0 bridgehead atoms. The lowest BCUT2D eigenvalue weighted by molar-refractivity contribution is 0.629. The van der Waals surface area contributed by atoms with Gasteiger partial charge in [0.1, 0.15) is 4.47 Å². The second-order valence-corrected chi connectivity index (χ2v) is 5.67. The van der Waals surface area contributed by atoms with Crippen molar-refractivity contribution in [3.05, 3.63) is 33.7 Å². The molecule has 1 aromatic heterocycles. The van der Waals surface area contributed by atoms with Gasteiger partial charge in [-0.1, -0.05) is 18.9 Å². The van der Waals surface area contributed by atoms with Crippen LogP contribution in [0.3, 0.4) is 0 Å². The molecule has 1 fully saturated rings. The third kappa shape index (κ3) is 3.22. The van der Waals surface area contributed by atoms with Crippen molar-refractivity contribution in [2.24, 2.45) is 5.92 Å². The third-order valence-corrected chi connectivity index (χ3v) is 3.84. The summed E-state index contributed by atoms with van der Waals surface area (Å²) >= 11 is 3.34. The summed E-state index contributed by atoms with van der Waals surface area (Å²) in [5, 5.41) is 7.46. The average molecular weight is 312 g/mol. The van der Waals surface area contributed by atoms with Crippen molar-refractivity contribution in [2.45, 2.75) is 38.8 Å². The lowest BCUT2D eigenvalue weighted by atomic mass is 10.1. The first-order valence-electron chi connectivity index (χ1n) is 6.25. The number of halogens is 1. The van der Waals surface area contributed by atoms with E-state index in [-0.39, 0.29) is 5.56 Å². The SMILES string of the molecule is C=CCn1ncc(NC(C)CC2CC2)c(Br)c1=O. The number of rotatable bonds is 6. The molecule has 1 aromatic rings. The Kier molecular flexibility index (Phi) is 4.22. The molecule has 1 heterocycles. The maximum Gasteiger partial charge on any atom is 0.283 e. The van der Waals surface area contributed by atoms with Gasteiger partial charge in [-0.25, -0.2) is 4.68 Å². The van der Waals surface area contributed by atoms with Crippen molar-refractivity contribution in [3.63, 3.8) is 0 Å². The number of nitrogens with zero attached hydrogens (tertiary/aromatic N) is 2. The molecule has 0 amide bonds. The number of hydrogen-bond acceptors (Lipinski definition) is 3. The van der Waals surface area contributed by atoms with Gasteiger partial charge in [0.25, 0.3) is 5.56 Å². The van der Waals surface area contributed by atoms with Crippen LogP contribution in [-0.2, 0) is 6.54 Å². The Labute approximate surface area is 115 Å². The summed E-state index contributed by atoms with van der Waals surface area (Å²) in [4.78, 5) is 12.0. The van der Waals surface area contributed by atoms with Crippen molar-refractivity contribution in [2.75, 3.05) is 5.32 Å². The average Bonchev–Trinajstić information content (AvgIpc) is 3.13. The van der Waals surface area contributed by atoms with Crippen LogP contribution in [0, 0.1) is 5.92 Å². The van der Waals surface area contributed by atoms with E-state index in [0.29, 0.717) is 17.1 Å². The van der Waals surface area contributed by atoms with Gasteiger partial charge in [0.05, 0.1) is 18.4 Å². The molecule has 1 aliphatic carbocycles. The highest BCUT2D eigenvalue weighted by Gasteiger charge is 2.23. The highest BCUT2D eigenvalue weighted by Crippen LogP contribution is 2.34. The van der Waals surface area contributed by atoms with Crippen molar-refractivity contribution >= 4 is 21.6 Å². The quantitative estimate of drug-likeness (QED) is 0.822. The van der Waals surface area contributed by atoms with Gasteiger partial charge in [-0.15, -0.1) is 6.58 Å². The summed E-state index contributed by atoms with van der Waals surface area (Å²) < 4.78 is 1.93. The van der Waals surface area contributed by atoms with E-state index in [9.17, 15) is 4.79 Å². The minimum Gasteiger partial charge on any atom is -0.380 e. The largest absolute Gasteiger partial charge is 0.380 e. The maximum atomic E-state index is 12.0. The van der Waals surface area contributed by atoms with Crippen LogP contribution in [0.2, 0.25) is 0 Å². The van der Waals surface area contributed by atoms with Crippen LogP contribution in [0.25, 0.3) is 0 Å². The minimum atomic E-state index is -0.126. The molecular weight excluding hydrogens is 294 g/mol. The van der Waals surface area contributed by atoms with Gasteiger partial charge < -0.3 is 5.32 Å². The first-order valence-corrected chi connectivity index (χ1v) is 7.04. The van der Waals surface area contributed by atoms with E-state index in [1.54, 1.807) is 12.3 Å². The van der Waals surface area contributed by atoms with Crippen LogP contribution >= 0.6 is 15.9 Å². The predicted octanol–water partition coefficient (Wildman–Crippen LogP) is 2.79. The molecule has 0 aromatic carbocycles. The first-order chi connectivity index (χ1) is 8.61. The van der Waals surface area contributed by atoms with Crippen molar-refractivity contribution in [3.8, 4) is 0 Å². The molecule has 98 valence electrons. The molecule has 0 aliphatic heterocycles. The third-order valence-electron chi connectivity index (χ3n) is 3.07. The summed E-state index contributed by atoms with van der Waals surface area (Å²) in [5.74, 6) is 0.861. The smallest absolute Gasteiger partial charge is 0.283 e. The van der Waals surface area contributed by atoms with E-state index in [1.165, 1.54) is 17.5 Å². The van der Waals surface area contributed by atoms with E-state index in [4.69, 9.17) is 0 Å². The Bertz CT molecular complexity index is 493. The molecule has 1 aliphatic rings. The zero-order chi connectivity index (χ0) is 13.1. The monoisotopic (exact) mass is 311 g/mol. The summed E-state index contributed by atoms with van der Waals surface area (Å²) in [7, 11) is 0. The van der Waals surface area contributed by atoms with E-state index in [0.717, 1.165) is 18.0 Å². The molecule has 1 saturated carbocycles. The maximum absolute atomic E-state index is 12.0. The second kappa shape index (κ2) is 5.69. The summed E-state index contributed by atoms with van der Waals surface area (Å²) in [6, 6.07) is 0.366. The van der Waals surface area contributed by atoms with E-state index in [1.807, 2.05) is 0 Å². The Morgan fingerprint density at radius 1 is 1.72 bits per heavy atom. The first kappa shape index (κ1) is 13.3. The van der Waals surface area contributed by atoms with Crippen LogP contribution in [0.4, 0.5) is 5.69 Å². The van der Waals surface area contributed by atoms with Gasteiger partial charge in [-0.2, -0.15) is 5.10 Å². The minimum absolute atomic E-state index is 0.126. The molecule has 1 N–H and O–H groups in total. The molecule has 0 saturated heterocycles. The summed E-state index contributed by atoms with van der Waals surface area (Å²) in [5.41, 5.74) is 0.645. The van der Waals surface area contributed by atoms with Crippen molar-refractivity contribution in [1.82, 2.24) is 9.78 Å². The number of nitrogens with one attached hydrogen (secondary N) is 1. The fourth-order valence-electron chi connectivity index (χ4n) is 2.00. The molecule has 0 spiro atoms. The van der Waals surface area contributed by atoms with Crippen molar-refractivity contribution < 1.29 is 0 Å². The normalized spacial score (nSPS) is 16.3. The lowest BCUT2D eigenvalue weighted by Gasteiger charge is -2.16. The number of aromatic nitrogens is 2. The van der Waals surface area contributed by atoms with Crippen molar-refractivity contribution in [1.29, 1.82) is 0 Å². The fourth-order valence-corrected chi connectivity index (χ4v) is 2.42. The van der Waals surface area contributed by atoms with E-state index < -0.39 is 0 Å². The Morgan fingerprint density at radius 3 is 3.06 bits per heavy atom. The van der Waals surface area contributed by atoms with Gasteiger partial charge in [-0.3, -0.25) is 4.79 Å². The number of anilines is 1. The van der Waals surface area contributed by atoms with Crippen LogP contribution in [0.1, 0.15) is 26.2 Å². The van der Waals surface area contributed by atoms with Crippen LogP contribution < -0.4 is 10.9 Å². The lowest BCUT2D eigenvalue weighted by Crippen LogP contribution is -2.25. The zero-order valence-electron chi connectivity index (χ0n) is 10.5. The van der Waals surface area contributed by atoms with Gasteiger partial charge in [0.2, 0.25) is 0 Å². The van der Waals surface area contributed by atoms with E-state index in [2.05, 4.69) is 39.8 Å². The molecular formula is C13H18BrN3O. The number of hydrogen-bond donors (Lipinski definition) is 1. The fraction of sp³-hybridized carbons (Fsp3) is 0.538. The van der Waals surface area contributed by atoms with Crippen LogP contribution in [0.5, 0.6) is 0 Å². The molecule has 4 nitrogen and oxygen atoms in total. The van der Waals surface area contributed by atoms with Gasteiger partial charge in [0.15, 0.2) is 0 Å². The number of allylic oxidation sites excluding steroid dienone is 1. The Morgan fingerprint density at radius 2 is 2.44 bits per heavy atom. The van der Waals surface area contributed by atoms with Crippen LogP contribution in [0.15, 0.2) is 28.1 Å². The van der Waals surface area contributed by atoms with Crippen LogP contribution in [-0.4, -0.2) is 15.8 Å². The van der Waals surface area contributed by atoms with Gasteiger partial charge in [0, 0.05) is 6.04 Å². The predicted molar refractivity (Wildman–Crippen MR) is 76.8 cm³/mol. The molecule has 1 atom stereocenters. The Balaban J connectivity index is 2.10. The highest BCUT2D eigenvalue weighted by atomic mass is 79.9. The summed E-state index contributed by atoms with van der Waals surface area (Å²) in [6.45, 7) is 6.17. The van der Waals surface area contributed by atoms with E-state index >= 15 is 0 Å².